The summed E-state index contributed by atoms with van der Waals surface area (Å²) in [5, 5.41) is 2.20. The van der Waals surface area contributed by atoms with Crippen LogP contribution in [-0.4, -0.2) is 10.1 Å². The third-order valence-electron chi connectivity index (χ3n) is 2.10. The van der Waals surface area contributed by atoms with Crippen molar-refractivity contribution in [1.29, 1.82) is 0 Å². The Labute approximate surface area is 84.8 Å². The molecule has 2 aromatic rings. The standard InChI is InChI=1S/C10H5N3S/c14-10-12-8-5-6-3-1-2-4-7(6)11-9(8)13-10/h1-5H. The monoisotopic (exact) mass is 199 g/mol. The minimum Gasteiger partial charge on any atom is -0.227 e. The van der Waals surface area contributed by atoms with Gasteiger partial charge in [-0.15, -0.1) is 0 Å². The highest BCUT2D eigenvalue weighted by Gasteiger charge is 2.03. The van der Waals surface area contributed by atoms with E-state index < -0.39 is 0 Å². The molecular formula is C10H5N3S. The van der Waals surface area contributed by atoms with Gasteiger partial charge in [-0.05, 0) is 24.4 Å². The lowest BCUT2D eigenvalue weighted by Gasteiger charge is -1.92. The highest BCUT2D eigenvalue weighted by atomic mass is 32.1. The summed E-state index contributed by atoms with van der Waals surface area (Å²) in [4.78, 5) is 12.5. The molecule has 3 rings (SSSR count). The van der Waals surface area contributed by atoms with Crippen LogP contribution >= 0.6 is 12.2 Å². The molecule has 0 aliphatic carbocycles. The molecule has 0 atom stereocenters. The van der Waals surface area contributed by atoms with E-state index in [-0.39, 0.29) is 0 Å². The average Bonchev–Trinajstić information content (AvgIpc) is 2.53. The normalized spacial score (nSPS) is 13.6. The lowest BCUT2D eigenvalue weighted by atomic mass is 10.2. The van der Waals surface area contributed by atoms with E-state index in [1.807, 2.05) is 30.3 Å². The van der Waals surface area contributed by atoms with E-state index >= 15 is 0 Å². The summed E-state index contributed by atoms with van der Waals surface area (Å²) >= 11 is 4.89. The molecule has 2 heterocycles. The van der Waals surface area contributed by atoms with Gasteiger partial charge in [0.25, 0.3) is 0 Å². The number of aromatic nitrogens is 1. The van der Waals surface area contributed by atoms with Crippen molar-refractivity contribution in [2.75, 3.05) is 0 Å². The minimum atomic E-state index is 0.364. The maximum Gasteiger partial charge on any atom is 0.221 e. The smallest absolute Gasteiger partial charge is 0.221 e. The fraction of sp³-hybridized carbons (Fsp3) is 0. The highest BCUT2D eigenvalue weighted by molar-refractivity contribution is 7.80. The van der Waals surface area contributed by atoms with Gasteiger partial charge in [-0.2, -0.15) is 4.99 Å². The van der Waals surface area contributed by atoms with Crippen LogP contribution in [0.5, 0.6) is 0 Å². The van der Waals surface area contributed by atoms with E-state index in [4.69, 9.17) is 12.2 Å². The van der Waals surface area contributed by atoms with E-state index in [0.29, 0.717) is 10.6 Å². The lowest BCUT2D eigenvalue weighted by molar-refractivity contribution is 1.20. The fourth-order valence-electron chi connectivity index (χ4n) is 1.48. The number of hydrogen-bond acceptors (Lipinski definition) is 2. The Balaban J connectivity index is 2.56. The first-order chi connectivity index (χ1) is 6.83. The maximum atomic E-state index is 4.89. The van der Waals surface area contributed by atoms with Crippen LogP contribution in [0.2, 0.25) is 0 Å². The van der Waals surface area contributed by atoms with E-state index in [9.17, 15) is 0 Å². The molecule has 1 aliphatic rings. The van der Waals surface area contributed by atoms with Crippen LogP contribution < -0.4 is 10.8 Å². The zero-order chi connectivity index (χ0) is 9.54. The molecule has 0 saturated heterocycles. The molecule has 0 unspecified atom stereocenters. The number of thiocarbonyl (C=S) groups is 1. The summed E-state index contributed by atoms with van der Waals surface area (Å²) in [6.45, 7) is 0. The predicted octanol–water partition coefficient (Wildman–Crippen LogP) is 0.772. The number of pyridine rings is 1. The molecule has 0 fully saturated rings. The number of benzene rings is 1. The van der Waals surface area contributed by atoms with Crippen molar-refractivity contribution in [3.05, 3.63) is 41.2 Å². The predicted molar refractivity (Wildman–Crippen MR) is 56.7 cm³/mol. The van der Waals surface area contributed by atoms with Crippen molar-refractivity contribution in [2.24, 2.45) is 9.98 Å². The summed E-state index contributed by atoms with van der Waals surface area (Å²) in [6, 6.07) is 9.83. The molecule has 1 aliphatic heterocycles. The Kier molecular flexibility index (Phi) is 1.46. The van der Waals surface area contributed by atoms with Crippen molar-refractivity contribution < 1.29 is 0 Å². The fourth-order valence-corrected chi connectivity index (χ4v) is 1.66. The maximum absolute atomic E-state index is 4.89. The van der Waals surface area contributed by atoms with Crippen molar-refractivity contribution in [1.82, 2.24) is 4.98 Å². The molecular weight excluding hydrogens is 194 g/mol. The van der Waals surface area contributed by atoms with Crippen LogP contribution in [0.15, 0.2) is 40.3 Å². The first kappa shape index (κ1) is 7.70. The van der Waals surface area contributed by atoms with Gasteiger partial charge in [-0.1, -0.05) is 18.2 Å². The summed E-state index contributed by atoms with van der Waals surface area (Å²) in [6.07, 6.45) is 0. The van der Waals surface area contributed by atoms with E-state index in [2.05, 4.69) is 15.0 Å². The molecule has 0 spiro atoms. The van der Waals surface area contributed by atoms with Crippen LogP contribution in [0.4, 0.5) is 0 Å². The Hall–Kier alpha value is -1.68. The zero-order valence-electron chi connectivity index (χ0n) is 7.14. The van der Waals surface area contributed by atoms with Gasteiger partial charge in [0, 0.05) is 5.39 Å². The van der Waals surface area contributed by atoms with Gasteiger partial charge in [0.15, 0.2) is 5.49 Å². The second kappa shape index (κ2) is 2.65. The average molecular weight is 199 g/mol. The van der Waals surface area contributed by atoms with Crippen molar-refractivity contribution in [2.45, 2.75) is 0 Å². The number of fused-ring (bicyclic) bond motifs is 2. The van der Waals surface area contributed by atoms with Gasteiger partial charge in [0.05, 0.1) is 5.52 Å². The Morgan fingerprint density at radius 3 is 2.86 bits per heavy atom. The summed E-state index contributed by atoms with van der Waals surface area (Å²) in [5.74, 6) is 0. The van der Waals surface area contributed by atoms with E-state index in [0.717, 1.165) is 16.3 Å². The lowest BCUT2D eigenvalue weighted by Crippen LogP contribution is -2.24. The third-order valence-corrected chi connectivity index (χ3v) is 2.28. The van der Waals surface area contributed by atoms with E-state index in [1.54, 1.807) is 0 Å². The van der Waals surface area contributed by atoms with Gasteiger partial charge in [-0.3, -0.25) is 0 Å². The molecule has 0 N–H and O–H groups in total. The quantitative estimate of drug-likeness (QED) is 0.588. The van der Waals surface area contributed by atoms with Crippen molar-refractivity contribution in [3.63, 3.8) is 0 Å². The molecule has 4 heteroatoms. The molecule has 0 amide bonds. The summed E-state index contributed by atoms with van der Waals surface area (Å²) in [5.41, 5.74) is 1.56. The number of nitrogens with zero attached hydrogens (tertiary/aromatic N) is 3. The second-order valence-electron chi connectivity index (χ2n) is 3.03. The third kappa shape index (κ3) is 1.04. The molecule has 66 valence electrons. The van der Waals surface area contributed by atoms with Crippen LogP contribution in [0, 0.1) is 0 Å². The highest BCUT2D eigenvalue weighted by Crippen LogP contribution is 2.05. The first-order valence-corrected chi connectivity index (χ1v) is 4.61. The molecule has 14 heavy (non-hydrogen) atoms. The number of para-hydroxylation sites is 1. The summed E-state index contributed by atoms with van der Waals surface area (Å²) < 4.78 is 0. The molecule has 3 nitrogen and oxygen atoms in total. The minimum absolute atomic E-state index is 0.364. The molecule has 0 radical (unpaired) electrons. The van der Waals surface area contributed by atoms with Crippen LogP contribution in [-0.2, 0) is 0 Å². The molecule has 1 aromatic carbocycles. The van der Waals surface area contributed by atoms with Crippen LogP contribution in [0.1, 0.15) is 0 Å². The Bertz CT molecular complexity index is 604. The van der Waals surface area contributed by atoms with Crippen LogP contribution in [0.3, 0.4) is 0 Å². The van der Waals surface area contributed by atoms with E-state index in [1.165, 1.54) is 0 Å². The zero-order valence-corrected chi connectivity index (χ0v) is 7.95. The molecule has 0 saturated carbocycles. The Morgan fingerprint density at radius 2 is 1.93 bits per heavy atom. The topological polar surface area (TPSA) is 37.6 Å². The van der Waals surface area contributed by atoms with Gasteiger partial charge in [0.1, 0.15) is 5.36 Å². The largest absolute Gasteiger partial charge is 0.227 e. The number of rotatable bonds is 0. The first-order valence-electron chi connectivity index (χ1n) is 4.20. The number of hydrogen-bond donors (Lipinski definition) is 0. The van der Waals surface area contributed by atoms with Gasteiger partial charge >= 0.3 is 0 Å². The van der Waals surface area contributed by atoms with Crippen LogP contribution in [0.25, 0.3) is 10.9 Å². The SMILES string of the molecule is S=C1N=c2cc3ccccc3nc2=N1. The molecule has 0 bridgehead atoms. The van der Waals surface area contributed by atoms with Gasteiger partial charge < -0.3 is 0 Å². The summed E-state index contributed by atoms with van der Waals surface area (Å²) in [7, 11) is 0. The van der Waals surface area contributed by atoms with Crippen molar-refractivity contribution >= 4 is 28.2 Å². The van der Waals surface area contributed by atoms with Crippen molar-refractivity contribution in [3.8, 4) is 0 Å². The van der Waals surface area contributed by atoms with Gasteiger partial charge in [-0.25, -0.2) is 9.98 Å². The van der Waals surface area contributed by atoms with Gasteiger partial charge in [0.2, 0.25) is 5.11 Å². The Morgan fingerprint density at radius 1 is 1.07 bits per heavy atom. The molecule has 1 aromatic heterocycles. The second-order valence-corrected chi connectivity index (χ2v) is 3.40.